The minimum absolute atomic E-state index is 0.127. The lowest BCUT2D eigenvalue weighted by Gasteiger charge is -2.08. The number of H-pyrrole nitrogens is 1. The SMILES string of the molecule is NS(=O)(=O)c1ccc(NS(=O)(=O)c2ccc(=O)[nH]c2)cc1. The normalized spacial score (nSPS) is 12.0. The highest BCUT2D eigenvalue weighted by molar-refractivity contribution is 7.92. The topological polar surface area (TPSA) is 139 Å². The van der Waals surface area contributed by atoms with Crippen LogP contribution in [0.5, 0.6) is 0 Å². The molecule has 0 aliphatic heterocycles. The van der Waals surface area contributed by atoms with Crippen LogP contribution in [0.4, 0.5) is 5.69 Å². The molecular weight excluding hydrogens is 318 g/mol. The van der Waals surface area contributed by atoms with E-state index < -0.39 is 25.6 Å². The average Bonchev–Trinajstić information content (AvgIpc) is 2.38. The summed E-state index contributed by atoms with van der Waals surface area (Å²) < 4.78 is 48.5. The predicted molar refractivity (Wildman–Crippen MR) is 75.7 cm³/mol. The van der Waals surface area contributed by atoms with E-state index in [1.165, 1.54) is 24.3 Å². The van der Waals surface area contributed by atoms with E-state index in [2.05, 4.69) is 9.71 Å². The summed E-state index contributed by atoms with van der Waals surface area (Å²) in [6, 6.07) is 7.13. The minimum Gasteiger partial charge on any atom is -0.328 e. The molecule has 0 saturated carbocycles. The Morgan fingerprint density at radius 2 is 1.48 bits per heavy atom. The maximum Gasteiger partial charge on any atom is 0.263 e. The van der Waals surface area contributed by atoms with E-state index in [0.717, 1.165) is 18.3 Å². The number of nitrogens with one attached hydrogen (secondary N) is 2. The Labute approximate surface area is 120 Å². The first-order chi connectivity index (χ1) is 9.68. The van der Waals surface area contributed by atoms with E-state index in [9.17, 15) is 21.6 Å². The van der Waals surface area contributed by atoms with Gasteiger partial charge < -0.3 is 4.98 Å². The molecule has 0 atom stereocenters. The second kappa shape index (κ2) is 5.31. The number of anilines is 1. The van der Waals surface area contributed by atoms with Gasteiger partial charge in [-0.05, 0) is 30.3 Å². The maximum absolute atomic E-state index is 12.0. The Bertz CT molecular complexity index is 895. The fourth-order valence-electron chi connectivity index (χ4n) is 1.49. The van der Waals surface area contributed by atoms with Crippen LogP contribution in [0, 0.1) is 0 Å². The molecule has 0 saturated heterocycles. The van der Waals surface area contributed by atoms with Gasteiger partial charge in [-0.3, -0.25) is 9.52 Å². The standard InChI is InChI=1S/C11H11N3O5S2/c12-20(16,17)9-3-1-8(2-4-9)14-21(18,19)10-5-6-11(15)13-7-10/h1-7,14H,(H,13,15)(H2,12,16,17). The number of pyridine rings is 1. The van der Waals surface area contributed by atoms with Gasteiger partial charge in [-0.1, -0.05) is 0 Å². The Morgan fingerprint density at radius 3 is 1.95 bits per heavy atom. The van der Waals surface area contributed by atoms with Crippen molar-refractivity contribution in [2.75, 3.05) is 4.72 Å². The molecule has 1 heterocycles. The fourth-order valence-corrected chi connectivity index (χ4v) is 3.03. The van der Waals surface area contributed by atoms with Gasteiger partial charge >= 0.3 is 0 Å². The molecule has 0 bridgehead atoms. The molecule has 2 rings (SSSR count). The van der Waals surface area contributed by atoms with Crippen LogP contribution in [-0.2, 0) is 20.0 Å². The Morgan fingerprint density at radius 1 is 0.905 bits per heavy atom. The lowest BCUT2D eigenvalue weighted by atomic mass is 10.3. The number of rotatable bonds is 4. The van der Waals surface area contributed by atoms with Crippen molar-refractivity contribution in [3.8, 4) is 0 Å². The van der Waals surface area contributed by atoms with Gasteiger partial charge in [-0.15, -0.1) is 0 Å². The van der Waals surface area contributed by atoms with Gasteiger partial charge in [-0.2, -0.15) is 0 Å². The molecule has 0 amide bonds. The molecule has 1 aromatic heterocycles. The number of aromatic nitrogens is 1. The van der Waals surface area contributed by atoms with Crippen LogP contribution in [0.2, 0.25) is 0 Å². The van der Waals surface area contributed by atoms with Crippen molar-refractivity contribution in [1.29, 1.82) is 0 Å². The van der Waals surface area contributed by atoms with Crippen molar-refractivity contribution in [1.82, 2.24) is 4.98 Å². The quantitative estimate of drug-likeness (QED) is 0.714. The molecule has 10 heteroatoms. The summed E-state index contributed by atoms with van der Waals surface area (Å²) in [5, 5.41) is 4.94. The van der Waals surface area contributed by atoms with E-state index in [-0.39, 0.29) is 15.5 Å². The van der Waals surface area contributed by atoms with Crippen LogP contribution in [0.15, 0.2) is 57.2 Å². The van der Waals surface area contributed by atoms with E-state index in [1.807, 2.05) is 0 Å². The number of nitrogens with two attached hydrogens (primary N) is 1. The van der Waals surface area contributed by atoms with Crippen molar-refractivity contribution in [2.24, 2.45) is 5.14 Å². The minimum atomic E-state index is -3.88. The van der Waals surface area contributed by atoms with E-state index in [4.69, 9.17) is 5.14 Å². The summed E-state index contributed by atoms with van der Waals surface area (Å²) in [7, 11) is -7.72. The van der Waals surface area contributed by atoms with Crippen LogP contribution >= 0.6 is 0 Å². The molecule has 0 aliphatic carbocycles. The zero-order valence-corrected chi connectivity index (χ0v) is 12.1. The maximum atomic E-state index is 12.0. The molecule has 8 nitrogen and oxygen atoms in total. The van der Waals surface area contributed by atoms with E-state index in [1.54, 1.807) is 0 Å². The summed E-state index contributed by atoms with van der Waals surface area (Å²) >= 11 is 0. The van der Waals surface area contributed by atoms with Gasteiger partial charge in [0.05, 0.1) is 4.90 Å². The number of hydrogen-bond donors (Lipinski definition) is 3. The Hall–Kier alpha value is -2.17. The third kappa shape index (κ3) is 3.68. The second-order valence-electron chi connectivity index (χ2n) is 4.06. The first-order valence-electron chi connectivity index (χ1n) is 5.53. The van der Waals surface area contributed by atoms with Crippen molar-refractivity contribution in [3.63, 3.8) is 0 Å². The summed E-state index contributed by atoms with van der Waals surface area (Å²) in [4.78, 5) is 12.9. The number of aromatic amines is 1. The van der Waals surface area contributed by atoms with E-state index >= 15 is 0 Å². The summed E-state index contributed by atoms with van der Waals surface area (Å²) in [6.45, 7) is 0. The Kier molecular flexibility index (Phi) is 3.85. The van der Waals surface area contributed by atoms with Gasteiger partial charge in [0.1, 0.15) is 4.90 Å². The van der Waals surface area contributed by atoms with Gasteiger partial charge in [0.25, 0.3) is 10.0 Å². The number of benzene rings is 1. The monoisotopic (exact) mass is 329 g/mol. The zero-order valence-electron chi connectivity index (χ0n) is 10.5. The summed E-state index contributed by atoms with van der Waals surface area (Å²) in [5.41, 5.74) is -0.264. The van der Waals surface area contributed by atoms with Crippen molar-refractivity contribution in [3.05, 3.63) is 52.9 Å². The molecule has 4 N–H and O–H groups in total. The highest BCUT2D eigenvalue weighted by Crippen LogP contribution is 2.16. The second-order valence-corrected chi connectivity index (χ2v) is 7.31. The zero-order chi connectivity index (χ0) is 15.7. The van der Waals surface area contributed by atoms with Crippen molar-refractivity contribution in [2.45, 2.75) is 9.79 Å². The van der Waals surface area contributed by atoms with Crippen LogP contribution in [0.3, 0.4) is 0 Å². The van der Waals surface area contributed by atoms with Gasteiger partial charge in [-0.25, -0.2) is 22.0 Å². The molecule has 0 unspecified atom stereocenters. The molecule has 0 aliphatic rings. The molecule has 2 aromatic rings. The molecule has 112 valence electrons. The number of hydrogen-bond acceptors (Lipinski definition) is 5. The summed E-state index contributed by atoms with van der Waals surface area (Å²) in [5.74, 6) is 0. The molecule has 21 heavy (non-hydrogen) atoms. The number of primary sulfonamides is 1. The largest absolute Gasteiger partial charge is 0.328 e. The van der Waals surface area contributed by atoms with Crippen LogP contribution in [0.25, 0.3) is 0 Å². The van der Waals surface area contributed by atoms with Crippen molar-refractivity contribution < 1.29 is 16.8 Å². The molecular formula is C11H11N3O5S2. The van der Waals surface area contributed by atoms with Gasteiger partial charge in [0, 0.05) is 18.0 Å². The molecule has 0 spiro atoms. The molecule has 1 aromatic carbocycles. The number of sulfonamides is 2. The third-order valence-electron chi connectivity index (χ3n) is 2.50. The fraction of sp³-hybridized carbons (Fsp3) is 0. The Balaban J connectivity index is 2.29. The van der Waals surface area contributed by atoms with Gasteiger partial charge in [0.15, 0.2) is 0 Å². The van der Waals surface area contributed by atoms with Crippen molar-refractivity contribution >= 4 is 25.7 Å². The smallest absolute Gasteiger partial charge is 0.263 e. The van der Waals surface area contributed by atoms with Crippen LogP contribution in [-0.4, -0.2) is 21.8 Å². The third-order valence-corrected chi connectivity index (χ3v) is 4.81. The molecule has 0 fully saturated rings. The average molecular weight is 329 g/mol. The van der Waals surface area contributed by atoms with Gasteiger partial charge in [0.2, 0.25) is 15.6 Å². The molecule has 0 radical (unpaired) electrons. The van der Waals surface area contributed by atoms with Crippen LogP contribution < -0.4 is 15.4 Å². The first-order valence-corrected chi connectivity index (χ1v) is 8.56. The lowest BCUT2D eigenvalue weighted by molar-refractivity contribution is 0.597. The van der Waals surface area contributed by atoms with Crippen LogP contribution in [0.1, 0.15) is 0 Å². The summed E-state index contributed by atoms with van der Waals surface area (Å²) in [6.07, 6.45) is 1.06. The predicted octanol–water partition coefficient (Wildman–Crippen LogP) is -0.177. The lowest BCUT2D eigenvalue weighted by Crippen LogP contribution is -2.15. The highest BCUT2D eigenvalue weighted by Gasteiger charge is 2.15. The van der Waals surface area contributed by atoms with E-state index in [0.29, 0.717) is 0 Å². The first kappa shape index (κ1) is 15.2. The highest BCUT2D eigenvalue weighted by atomic mass is 32.2.